The van der Waals surface area contributed by atoms with Gasteiger partial charge in [-0.2, -0.15) is 0 Å². The van der Waals surface area contributed by atoms with Gasteiger partial charge in [0.2, 0.25) is 5.91 Å². The van der Waals surface area contributed by atoms with Crippen LogP contribution in [0.25, 0.3) is 6.08 Å². The van der Waals surface area contributed by atoms with Crippen molar-refractivity contribution < 1.29 is 28.7 Å². The van der Waals surface area contributed by atoms with Gasteiger partial charge in [-0.3, -0.25) is 14.4 Å². The first-order valence-corrected chi connectivity index (χ1v) is 13.1. The first-order chi connectivity index (χ1) is 19.3. The summed E-state index contributed by atoms with van der Waals surface area (Å²) in [6, 6.07) is 22.8. The zero-order valence-electron chi connectivity index (χ0n) is 20.7. The van der Waals surface area contributed by atoms with Crippen LogP contribution in [0, 0.1) is 0 Å². The molecule has 0 fully saturated rings. The molecule has 11 heteroatoms. The number of rotatable bonds is 10. The van der Waals surface area contributed by atoms with E-state index in [0.717, 1.165) is 4.90 Å². The molecule has 0 aliphatic rings. The molecule has 0 unspecified atom stereocenters. The van der Waals surface area contributed by atoms with E-state index in [4.69, 9.17) is 16.0 Å². The fourth-order valence-corrected chi connectivity index (χ4v) is 4.30. The van der Waals surface area contributed by atoms with Gasteiger partial charge in [0.15, 0.2) is 0 Å². The van der Waals surface area contributed by atoms with Gasteiger partial charge in [-0.05, 0) is 66.7 Å². The van der Waals surface area contributed by atoms with Gasteiger partial charge < -0.3 is 25.5 Å². The summed E-state index contributed by atoms with van der Waals surface area (Å²) in [6.45, 7) is 0. The third-order valence-electron chi connectivity index (χ3n) is 5.32. The van der Waals surface area contributed by atoms with E-state index in [2.05, 4.69) is 16.0 Å². The summed E-state index contributed by atoms with van der Waals surface area (Å²) in [5, 5.41) is 17.3. The van der Waals surface area contributed by atoms with Crippen LogP contribution in [0.2, 0.25) is 5.02 Å². The third kappa shape index (κ3) is 7.85. The number of carbonyl (C=O) groups excluding carboxylic acids is 3. The molecule has 0 atom stereocenters. The first-order valence-electron chi connectivity index (χ1n) is 11.8. The molecule has 0 aliphatic carbocycles. The first kappa shape index (κ1) is 28.2. The molecule has 40 heavy (non-hydrogen) atoms. The molecule has 4 rings (SSSR count). The Morgan fingerprint density at radius 2 is 1.60 bits per heavy atom. The smallest absolute Gasteiger partial charge is 0.337 e. The Balaban J connectivity index is 1.36. The lowest BCUT2D eigenvalue weighted by atomic mass is 10.2. The minimum atomic E-state index is -1.19. The second kappa shape index (κ2) is 13.3. The largest absolute Gasteiger partial charge is 0.478 e. The Kier molecular flexibility index (Phi) is 9.39. The van der Waals surface area contributed by atoms with Crippen molar-refractivity contribution in [3.05, 3.63) is 119 Å². The summed E-state index contributed by atoms with van der Waals surface area (Å²) >= 11 is 7.12. The van der Waals surface area contributed by atoms with Crippen LogP contribution in [0.4, 0.5) is 11.4 Å². The molecule has 1 heterocycles. The molecule has 3 aromatic carbocycles. The normalized spacial score (nSPS) is 11.0. The molecule has 3 amide bonds. The highest BCUT2D eigenvalue weighted by Gasteiger charge is 2.16. The lowest BCUT2D eigenvalue weighted by molar-refractivity contribution is -0.114. The molecule has 4 aromatic rings. The van der Waals surface area contributed by atoms with Crippen LogP contribution < -0.4 is 16.0 Å². The minimum Gasteiger partial charge on any atom is -0.478 e. The van der Waals surface area contributed by atoms with Gasteiger partial charge in [-0.25, -0.2) is 4.79 Å². The van der Waals surface area contributed by atoms with Crippen LogP contribution in [-0.4, -0.2) is 34.6 Å². The van der Waals surface area contributed by atoms with Gasteiger partial charge in [-0.1, -0.05) is 29.8 Å². The van der Waals surface area contributed by atoms with Gasteiger partial charge in [0.1, 0.15) is 11.5 Å². The number of amides is 3. The number of carbonyl (C=O) groups is 4. The molecule has 0 radical (unpaired) electrons. The minimum absolute atomic E-state index is 0.00724. The molecule has 0 saturated heterocycles. The number of halogens is 1. The van der Waals surface area contributed by atoms with E-state index in [0.29, 0.717) is 22.7 Å². The second-order valence-corrected chi connectivity index (χ2v) is 9.66. The van der Waals surface area contributed by atoms with Crippen molar-refractivity contribution in [3.8, 4) is 0 Å². The van der Waals surface area contributed by atoms with Crippen molar-refractivity contribution in [1.29, 1.82) is 0 Å². The van der Waals surface area contributed by atoms with Crippen LogP contribution in [0.5, 0.6) is 0 Å². The molecule has 1 aromatic heterocycles. The standard InChI is InChI=1S/C29H22ClN3O6S/c30-24-13-10-20(15-23(24)29(37)38)31-26(34)17-40-22-11-8-19(9-12-22)32-28(36)25(16-21-7-4-14-39-21)33-27(35)18-5-2-1-3-6-18/h1-16H,17H2,(H,31,34)(H,32,36)(H,33,35)(H,37,38)/b25-16-. The molecule has 0 saturated carbocycles. The molecule has 0 bridgehead atoms. The van der Waals surface area contributed by atoms with E-state index in [1.54, 1.807) is 66.7 Å². The summed E-state index contributed by atoms with van der Waals surface area (Å²) in [5.41, 5.74) is 1.08. The number of benzene rings is 3. The summed E-state index contributed by atoms with van der Waals surface area (Å²) in [6.07, 6.45) is 2.89. The molecule has 0 spiro atoms. The van der Waals surface area contributed by atoms with Crippen LogP contribution in [-0.2, 0) is 9.59 Å². The van der Waals surface area contributed by atoms with Crippen molar-refractivity contribution in [2.24, 2.45) is 0 Å². The van der Waals surface area contributed by atoms with Crippen LogP contribution >= 0.6 is 23.4 Å². The number of nitrogens with one attached hydrogen (secondary N) is 3. The maximum absolute atomic E-state index is 13.0. The second-order valence-electron chi connectivity index (χ2n) is 8.21. The summed E-state index contributed by atoms with van der Waals surface area (Å²) in [7, 11) is 0. The monoisotopic (exact) mass is 575 g/mol. The topological polar surface area (TPSA) is 138 Å². The molecule has 202 valence electrons. The van der Waals surface area contributed by atoms with E-state index in [9.17, 15) is 24.3 Å². The Bertz CT molecular complexity index is 1550. The predicted octanol–water partition coefficient (Wildman–Crippen LogP) is 5.77. The van der Waals surface area contributed by atoms with E-state index in [1.807, 2.05) is 0 Å². The molecular weight excluding hydrogens is 554 g/mol. The number of aromatic carboxylic acids is 1. The highest BCUT2D eigenvalue weighted by molar-refractivity contribution is 8.00. The zero-order valence-corrected chi connectivity index (χ0v) is 22.3. The number of hydrogen-bond acceptors (Lipinski definition) is 6. The predicted molar refractivity (Wildman–Crippen MR) is 153 cm³/mol. The lowest BCUT2D eigenvalue weighted by Gasteiger charge is -2.11. The van der Waals surface area contributed by atoms with E-state index >= 15 is 0 Å². The van der Waals surface area contributed by atoms with E-state index in [-0.39, 0.29) is 27.9 Å². The van der Waals surface area contributed by atoms with E-state index in [1.165, 1.54) is 42.3 Å². The van der Waals surface area contributed by atoms with Gasteiger partial charge in [0, 0.05) is 27.9 Å². The lowest BCUT2D eigenvalue weighted by Crippen LogP contribution is -2.30. The Hall–Kier alpha value is -4.80. The van der Waals surface area contributed by atoms with Gasteiger partial charge in [0.05, 0.1) is 22.6 Å². The molecule has 9 nitrogen and oxygen atoms in total. The summed E-state index contributed by atoms with van der Waals surface area (Å²) in [4.78, 5) is 50.0. The Labute approximate surface area is 238 Å². The van der Waals surface area contributed by atoms with Crippen LogP contribution in [0.15, 0.2) is 106 Å². The van der Waals surface area contributed by atoms with E-state index < -0.39 is 17.8 Å². The third-order valence-corrected chi connectivity index (χ3v) is 6.66. The molecule has 4 N–H and O–H groups in total. The number of hydrogen-bond donors (Lipinski definition) is 4. The highest BCUT2D eigenvalue weighted by atomic mass is 35.5. The SMILES string of the molecule is O=C(CSc1ccc(NC(=O)/C(=C/c2ccco2)NC(=O)c2ccccc2)cc1)Nc1ccc(Cl)c(C(=O)O)c1. The average Bonchev–Trinajstić information content (AvgIpc) is 3.47. The highest BCUT2D eigenvalue weighted by Crippen LogP contribution is 2.23. The number of anilines is 2. The van der Waals surface area contributed by atoms with Gasteiger partial charge >= 0.3 is 5.97 Å². The average molecular weight is 576 g/mol. The Morgan fingerprint density at radius 1 is 0.875 bits per heavy atom. The van der Waals surface area contributed by atoms with Crippen molar-refractivity contribution >= 4 is 64.5 Å². The van der Waals surface area contributed by atoms with Crippen molar-refractivity contribution in [3.63, 3.8) is 0 Å². The van der Waals surface area contributed by atoms with Gasteiger partial charge in [0.25, 0.3) is 11.8 Å². The van der Waals surface area contributed by atoms with Crippen molar-refractivity contribution in [2.75, 3.05) is 16.4 Å². The maximum Gasteiger partial charge on any atom is 0.337 e. The Morgan fingerprint density at radius 3 is 2.27 bits per heavy atom. The number of carboxylic acid groups (broad SMARTS) is 1. The van der Waals surface area contributed by atoms with Crippen molar-refractivity contribution in [2.45, 2.75) is 4.90 Å². The van der Waals surface area contributed by atoms with Crippen LogP contribution in [0.1, 0.15) is 26.5 Å². The maximum atomic E-state index is 13.0. The van der Waals surface area contributed by atoms with Crippen molar-refractivity contribution in [1.82, 2.24) is 5.32 Å². The molecule has 0 aliphatic heterocycles. The zero-order chi connectivity index (χ0) is 28.5. The fourth-order valence-electron chi connectivity index (χ4n) is 3.40. The van der Waals surface area contributed by atoms with Gasteiger partial charge in [-0.15, -0.1) is 11.8 Å². The summed E-state index contributed by atoms with van der Waals surface area (Å²) in [5.74, 6) is -2.06. The number of furan rings is 1. The number of thioether (sulfide) groups is 1. The fraction of sp³-hybridized carbons (Fsp3) is 0.0345. The molecular formula is C29H22ClN3O6S. The number of carboxylic acids is 1. The summed E-state index contributed by atoms with van der Waals surface area (Å²) < 4.78 is 5.30. The quantitative estimate of drug-likeness (QED) is 0.139. The van der Waals surface area contributed by atoms with Crippen LogP contribution in [0.3, 0.4) is 0 Å².